The van der Waals surface area contributed by atoms with Gasteiger partial charge in [0.05, 0.1) is 4.90 Å². The Morgan fingerprint density at radius 2 is 2.24 bits per heavy atom. The standard InChI is InChI=1S/C12H19N5O2S2/c1-9(2)13-7-10-11(4-6-20-10)21(18,19)16-5-3-12-14-8-15-17-12/h4,6,8-9,13,16H,3,5,7H2,1-2H3,(H,14,15,17). The van der Waals surface area contributed by atoms with Gasteiger partial charge in [-0.1, -0.05) is 13.8 Å². The molecular weight excluding hydrogens is 310 g/mol. The molecule has 2 heterocycles. The number of hydrogen-bond donors (Lipinski definition) is 3. The third-order valence-electron chi connectivity index (χ3n) is 2.78. The Balaban J connectivity index is 1.97. The van der Waals surface area contributed by atoms with Gasteiger partial charge in [0, 0.05) is 30.4 Å². The summed E-state index contributed by atoms with van der Waals surface area (Å²) in [4.78, 5) is 5.12. The van der Waals surface area contributed by atoms with Crippen LogP contribution in [-0.4, -0.2) is 36.2 Å². The van der Waals surface area contributed by atoms with Crippen LogP contribution in [0.5, 0.6) is 0 Å². The molecule has 0 amide bonds. The summed E-state index contributed by atoms with van der Waals surface area (Å²) < 4.78 is 27.2. The molecule has 0 aromatic carbocycles. The number of rotatable bonds is 8. The van der Waals surface area contributed by atoms with Gasteiger partial charge in [0.15, 0.2) is 0 Å². The van der Waals surface area contributed by atoms with Gasteiger partial charge in [-0.05, 0) is 11.4 Å². The van der Waals surface area contributed by atoms with E-state index in [-0.39, 0.29) is 6.54 Å². The maximum Gasteiger partial charge on any atom is 0.241 e. The van der Waals surface area contributed by atoms with Crippen molar-refractivity contribution in [1.29, 1.82) is 0 Å². The second-order valence-corrected chi connectivity index (χ2v) is 7.56. The molecular formula is C12H19N5O2S2. The fourth-order valence-electron chi connectivity index (χ4n) is 1.73. The monoisotopic (exact) mass is 329 g/mol. The zero-order valence-electron chi connectivity index (χ0n) is 12.0. The van der Waals surface area contributed by atoms with Crippen LogP contribution < -0.4 is 10.0 Å². The minimum atomic E-state index is -3.49. The molecule has 0 saturated carbocycles. The lowest BCUT2D eigenvalue weighted by molar-refractivity contribution is 0.571. The lowest BCUT2D eigenvalue weighted by Crippen LogP contribution is -2.28. The van der Waals surface area contributed by atoms with Gasteiger partial charge < -0.3 is 5.32 Å². The van der Waals surface area contributed by atoms with Gasteiger partial charge >= 0.3 is 0 Å². The Morgan fingerprint density at radius 3 is 2.90 bits per heavy atom. The fraction of sp³-hybridized carbons (Fsp3) is 0.500. The van der Waals surface area contributed by atoms with Crippen LogP contribution in [0.15, 0.2) is 22.7 Å². The number of thiophene rings is 1. The molecule has 0 unspecified atom stereocenters. The van der Waals surface area contributed by atoms with Gasteiger partial charge in [-0.25, -0.2) is 18.1 Å². The Labute approximate surface area is 128 Å². The van der Waals surface area contributed by atoms with Gasteiger partial charge in [0.25, 0.3) is 0 Å². The maximum atomic E-state index is 12.3. The zero-order valence-corrected chi connectivity index (χ0v) is 13.6. The molecule has 0 aliphatic carbocycles. The number of nitrogens with zero attached hydrogens (tertiary/aromatic N) is 2. The number of aromatic nitrogens is 3. The Morgan fingerprint density at radius 1 is 1.43 bits per heavy atom. The molecule has 2 rings (SSSR count). The van der Waals surface area contributed by atoms with Crippen molar-refractivity contribution in [3.8, 4) is 0 Å². The number of sulfonamides is 1. The largest absolute Gasteiger partial charge is 0.310 e. The highest BCUT2D eigenvalue weighted by molar-refractivity contribution is 7.89. The molecule has 0 atom stereocenters. The van der Waals surface area contributed by atoms with E-state index in [1.807, 2.05) is 13.8 Å². The maximum absolute atomic E-state index is 12.3. The molecule has 0 bridgehead atoms. The third kappa shape index (κ3) is 4.60. The fourth-order valence-corrected chi connectivity index (χ4v) is 4.15. The zero-order chi connectivity index (χ0) is 15.3. The van der Waals surface area contributed by atoms with E-state index in [2.05, 4.69) is 25.2 Å². The Kier molecular flexibility index (Phi) is 5.45. The van der Waals surface area contributed by atoms with E-state index >= 15 is 0 Å². The van der Waals surface area contributed by atoms with E-state index in [4.69, 9.17) is 0 Å². The second-order valence-electron chi connectivity index (χ2n) is 4.82. The number of aromatic amines is 1. The van der Waals surface area contributed by atoms with Gasteiger partial charge in [-0.15, -0.1) is 11.3 Å². The van der Waals surface area contributed by atoms with Gasteiger partial charge in [-0.2, -0.15) is 5.10 Å². The molecule has 0 fully saturated rings. The highest BCUT2D eigenvalue weighted by Crippen LogP contribution is 2.21. The second kappa shape index (κ2) is 7.12. The number of hydrogen-bond acceptors (Lipinski definition) is 6. The summed E-state index contributed by atoms with van der Waals surface area (Å²) in [6.07, 6.45) is 1.88. The minimum Gasteiger partial charge on any atom is -0.310 e. The van der Waals surface area contributed by atoms with E-state index in [1.54, 1.807) is 11.4 Å². The van der Waals surface area contributed by atoms with Crippen molar-refractivity contribution < 1.29 is 8.42 Å². The van der Waals surface area contributed by atoms with Crippen molar-refractivity contribution >= 4 is 21.4 Å². The highest BCUT2D eigenvalue weighted by atomic mass is 32.2. The molecule has 2 aromatic rings. The Hall–Kier alpha value is -1.29. The SMILES string of the molecule is CC(C)NCc1sccc1S(=O)(=O)NCCc1ncn[nH]1. The predicted molar refractivity (Wildman–Crippen MR) is 81.6 cm³/mol. The molecule has 3 N–H and O–H groups in total. The summed E-state index contributed by atoms with van der Waals surface area (Å²) in [6.45, 7) is 4.88. The summed E-state index contributed by atoms with van der Waals surface area (Å²) in [7, 11) is -3.49. The molecule has 0 radical (unpaired) electrons. The topological polar surface area (TPSA) is 99.8 Å². The molecule has 116 valence electrons. The smallest absolute Gasteiger partial charge is 0.241 e. The first-order valence-corrected chi connectivity index (χ1v) is 8.99. The lowest BCUT2D eigenvalue weighted by atomic mass is 10.4. The van der Waals surface area contributed by atoms with E-state index < -0.39 is 10.0 Å². The quantitative estimate of drug-likeness (QED) is 0.668. The average molecular weight is 329 g/mol. The first kappa shape index (κ1) is 16.1. The van der Waals surface area contributed by atoms with Crippen LogP contribution in [0.2, 0.25) is 0 Å². The molecule has 7 nitrogen and oxygen atoms in total. The lowest BCUT2D eigenvalue weighted by Gasteiger charge is -2.10. The van der Waals surface area contributed by atoms with Crippen LogP contribution in [0.4, 0.5) is 0 Å². The summed E-state index contributed by atoms with van der Waals surface area (Å²) in [5, 5.41) is 11.4. The van der Waals surface area contributed by atoms with Crippen molar-refractivity contribution in [3.05, 3.63) is 28.5 Å². The van der Waals surface area contributed by atoms with Gasteiger partial charge in [0.2, 0.25) is 10.0 Å². The summed E-state index contributed by atoms with van der Waals surface area (Å²) in [5.74, 6) is 0.657. The van der Waals surface area contributed by atoms with E-state index in [1.165, 1.54) is 17.7 Å². The van der Waals surface area contributed by atoms with E-state index in [9.17, 15) is 8.42 Å². The van der Waals surface area contributed by atoms with Crippen molar-refractivity contribution in [2.75, 3.05) is 6.54 Å². The molecule has 0 saturated heterocycles. The molecule has 0 aliphatic heterocycles. The third-order valence-corrected chi connectivity index (χ3v) is 5.38. The van der Waals surface area contributed by atoms with Crippen LogP contribution in [-0.2, 0) is 23.0 Å². The molecule has 21 heavy (non-hydrogen) atoms. The van der Waals surface area contributed by atoms with E-state index in [0.717, 1.165) is 4.88 Å². The van der Waals surface area contributed by atoms with Crippen molar-refractivity contribution in [3.63, 3.8) is 0 Å². The summed E-state index contributed by atoms with van der Waals surface area (Å²) >= 11 is 1.44. The van der Waals surface area contributed by atoms with Crippen molar-refractivity contribution in [2.45, 2.75) is 37.8 Å². The Bertz CT molecular complexity index is 649. The van der Waals surface area contributed by atoms with Crippen LogP contribution in [0.3, 0.4) is 0 Å². The van der Waals surface area contributed by atoms with Crippen molar-refractivity contribution in [1.82, 2.24) is 25.2 Å². The molecule has 0 aliphatic rings. The molecule has 2 aromatic heterocycles. The molecule has 9 heteroatoms. The highest BCUT2D eigenvalue weighted by Gasteiger charge is 2.19. The predicted octanol–water partition coefficient (Wildman–Crippen LogP) is 0.885. The van der Waals surface area contributed by atoms with E-state index in [0.29, 0.717) is 29.7 Å². The normalized spacial score (nSPS) is 12.1. The van der Waals surface area contributed by atoms with Crippen LogP contribution in [0.1, 0.15) is 24.5 Å². The van der Waals surface area contributed by atoms with Crippen LogP contribution in [0.25, 0.3) is 0 Å². The summed E-state index contributed by atoms with van der Waals surface area (Å²) in [6, 6.07) is 1.95. The number of nitrogens with one attached hydrogen (secondary N) is 3. The van der Waals surface area contributed by atoms with Crippen LogP contribution >= 0.6 is 11.3 Å². The van der Waals surface area contributed by atoms with Gasteiger partial charge in [0.1, 0.15) is 12.2 Å². The first-order chi connectivity index (χ1) is 9.99. The average Bonchev–Trinajstić information content (AvgIpc) is 3.07. The first-order valence-electron chi connectivity index (χ1n) is 6.62. The van der Waals surface area contributed by atoms with Gasteiger partial charge in [-0.3, -0.25) is 5.10 Å². The van der Waals surface area contributed by atoms with Crippen LogP contribution in [0, 0.1) is 0 Å². The summed E-state index contributed by atoms with van der Waals surface area (Å²) in [5.41, 5.74) is 0. The minimum absolute atomic E-state index is 0.282. The number of H-pyrrole nitrogens is 1. The molecule has 0 spiro atoms. The van der Waals surface area contributed by atoms with Crippen molar-refractivity contribution in [2.24, 2.45) is 0 Å².